The quantitative estimate of drug-likeness (QED) is 0.392. The van der Waals surface area contributed by atoms with Crippen molar-refractivity contribution in [3.8, 4) is 0 Å². The van der Waals surface area contributed by atoms with Crippen LogP contribution >= 0.6 is 11.6 Å². The van der Waals surface area contributed by atoms with E-state index in [1.54, 1.807) is 15.6 Å². The summed E-state index contributed by atoms with van der Waals surface area (Å²) < 4.78 is 7.70. The molecule has 1 aliphatic rings. The lowest BCUT2D eigenvalue weighted by atomic mass is 10.1. The van der Waals surface area contributed by atoms with Gasteiger partial charge in [0.2, 0.25) is 0 Å². The van der Waals surface area contributed by atoms with Crippen molar-refractivity contribution in [2.24, 2.45) is 0 Å². The van der Waals surface area contributed by atoms with Gasteiger partial charge in [-0.2, -0.15) is 5.10 Å². The fourth-order valence-corrected chi connectivity index (χ4v) is 3.46. The first-order valence-electron chi connectivity index (χ1n) is 9.82. The molecule has 2 aromatic rings. The minimum absolute atomic E-state index is 0.0566. The van der Waals surface area contributed by atoms with Gasteiger partial charge in [0.25, 0.3) is 5.91 Å². The Morgan fingerprint density at radius 1 is 1.38 bits per heavy atom. The number of ether oxygens (including phenoxy) is 1. The molecule has 3 heterocycles. The average molecular weight is 418 g/mol. The van der Waals surface area contributed by atoms with Gasteiger partial charge in [0.1, 0.15) is 12.4 Å². The minimum Gasteiger partial charge on any atom is -0.492 e. The van der Waals surface area contributed by atoms with E-state index in [1.165, 1.54) is 0 Å². The van der Waals surface area contributed by atoms with Crippen LogP contribution in [0.1, 0.15) is 37.2 Å². The molecule has 156 valence electrons. The molecule has 1 amide bonds. The van der Waals surface area contributed by atoms with Crippen molar-refractivity contribution in [2.45, 2.75) is 40.3 Å². The summed E-state index contributed by atoms with van der Waals surface area (Å²) in [6, 6.07) is 0. The molecule has 0 spiro atoms. The molecule has 8 heteroatoms. The lowest BCUT2D eigenvalue weighted by molar-refractivity contribution is -0.127. The summed E-state index contributed by atoms with van der Waals surface area (Å²) in [5.74, 6) is 0.584. The molecule has 0 saturated carbocycles. The second-order valence-corrected chi connectivity index (χ2v) is 7.75. The van der Waals surface area contributed by atoms with Crippen LogP contribution in [0.2, 0.25) is 5.02 Å². The van der Waals surface area contributed by atoms with Crippen molar-refractivity contribution in [1.82, 2.24) is 24.4 Å². The van der Waals surface area contributed by atoms with E-state index in [1.807, 2.05) is 51.9 Å². The lowest BCUT2D eigenvalue weighted by Gasteiger charge is -2.21. The molecule has 0 atom stereocenters. The van der Waals surface area contributed by atoms with Gasteiger partial charge in [-0.05, 0) is 40.4 Å². The third-order valence-corrected chi connectivity index (χ3v) is 5.32. The lowest BCUT2D eigenvalue weighted by Crippen LogP contribution is -2.29. The van der Waals surface area contributed by atoms with E-state index >= 15 is 0 Å². The fourth-order valence-electron chi connectivity index (χ4n) is 3.34. The van der Waals surface area contributed by atoms with Crippen molar-refractivity contribution in [2.75, 3.05) is 27.2 Å². The SMILES string of the molecule is CC=C(C(=O)N1Cc2nn3c(C)c(Cl)cnc3c2C1)C(=CCC)OCCN(C)C. The highest BCUT2D eigenvalue weighted by molar-refractivity contribution is 6.31. The zero-order valence-corrected chi connectivity index (χ0v) is 18.5. The van der Waals surface area contributed by atoms with E-state index in [0.29, 0.717) is 36.1 Å². The van der Waals surface area contributed by atoms with Crippen LogP contribution in [0, 0.1) is 6.92 Å². The van der Waals surface area contributed by atoms with Gasteiger partial charge in [0, 0.05) is 18.3 Å². The highest BCUT2D eigenvalue weighted by Gasteiger charge is 2.31. The number of nitrogens with zero attached hydrogens (tertiary/aromatic N) is 5. The van der Waals surface area contributed by atoms with Gasteiger partial charge >= 0.3 is 0 Å². The predicted molar refractivity (Wildman–Crippen MR) is 114 cm³/mol. The van der Waals surface area contributed by atoms with Crippen molar-refractivity contribution >= 4 is 23.2 Å². The molecule has 1 aliphatic heterocycles. The molecular weight excluding hydrogens is 390 g/mol. The zero-order valence-electron chi connectivity index (χ0n) is 17.7. The third-order valence-electron chi connectivity index (χ3n) is 4.95. The van der Waals surface area contributed by atoms with Crippen LogP contribution in [0.15, 0.2) is 29.7 Å². The number of halogens is 1. The predicted octanol–water partition coefficient (Wildman–Crippen LogP) is 3.35. The fraction of sp³-hybridized carbons (Fsp3) is 0.476. The van der Waals surface area contributed by atoms with Gasteiger partial charge in [0.05, 0.1) is 35.1 Å². The van der Waals surface area contributed by atoms with Gasteiger partial charge < -0.3 is 14.5 Å². The van der Waals surface area contributed by atoms with Crippen LogP contribution in [0.4, 0.5) is 0 Å². The number of rotatable bonds is 7. The first kappa shape index (κ1) is 21.3. The monoisotopic (exact) mass is 417 g/mol. The Kier molecular flexibility index (Phi) is 6.59. The molecule has 0 aliphatic carbocycles. The van der Waals surface area contributed by atoms with Crippen molar-refractivity contribution in [3.05, 3.63) is 51.7 Å². The van der Waals surface area contributed by atoms with Gasteiger partial charge in [-0.15, -0.1) is 0 Å². The van der Waals surface area contributed by atoms with Crippen LogP contribution in [-0.2, 0) is 22.6 Å². The summed E-state index contributed by atoms with van der Waals surface area (Å²) >= 11 is 6.16. The first-order valence-corrected chi connectivity index (χ1v) is 10.2. The van der Waals surface area contributed by atoms with Crippen LogP contribution in [0.3, 0.4) is 0 Å². The Hall–Kier alpha value is -2.38. The molecule has 3 rings (SSSR count). The maximum Gasteiger partial charge on any atom is 0.257 e. The van der Waals surface area contributed by atoms with Crippen LogP contribution in [-0.4, -0.2) is 57.6 Å². The summed E-state index contributed by atoms with van der Waals surface area (Å²) in [6.45, 7) is 8.04. The number of aryl methyl sites for hydroxylation is 1. The Morgan fingerprint density at radius 2 is 2.14 bits per heavy atom. The number of carbonyl (C=O) groups is 1. The van der Waals surface area contributed by atoms with E-state index in [9.17, 15) is 4.79 Å². The number of likely N-dealkylation sites (N-methyl/N-ethyl adjacent to an activating group) is 1. The molecule has 29 heavy (non-hydrogen) atoms. The Labute approximate surface area is 176 Å². The van der Waals surface area contributed by atoms with E-state index in [-0.39, 0.29) is 5.91 Å². The van der Waals surface area contributed by atoms with Gasteiger partial charge in [0.15, 0.2) is 5.65 Å². The molecule has 0 radical (unpaired) electrons. The molecule has 7 nitrogen and oxygen atoms in total. The summed E-state index contributed by atoms with van der Waals surface area (Å²) in [4.78, 5) is 21.5. The van der Waals surface area contributed by atoms with E-state index in [4.69, 9.17) is 16.3 Å². The molecular formula is C21H28ClN5O2. The number of fused-ring (bicyclic) bond motifs is 3. The summed E-state index contributed by atoms with van der Waals surface area (Å²) in [6.07, 6.45) is 6.21. The molecule has 2 aromatic heterocycles. The Bertz CT molecular complexity index is 977. The summed E-state index contributed by atoms with van der Waals surface area (Å²) in [5.41, 5.74) is 4.02. The first-order chi connectivity index (χ1) is 13.9. The molecule has 0 saturated heterocycles. The smallest absolute Gasteiger partial charge is 0.257 e. The van der Waals surface area contributed by atoms with E-state index < -0.39 is 0 Å². The maximum atomic E-state index is 13.3. The minimum atomic E-state index is -0.0566. The number of amides is 1. The molecule has 0 bridgehead atoms. The number of aromatic nitrogens is 3. The normalized spacial score (nSPS) is 14.8. The maximum absolute atomic E-state index is 13.3. The number of allylic oxidation sites excluding steroid dienone is 2. The van der Waals surface area contributed by atoms with E-state index in [0.717, 1.165) is 35.6 Å². The average Bonchev–Trinajstić information content (AvgIpc) is 3.23. The summed E-state index contributed by atoms with van der Waals surface area (Å²) in [5, 5.41) is 5.20. The zero-order chi connectivity index (χ0) is 21.1. The third kappa shape index (κ3) is 4.31. The molecule has 0 unspecified atom stereocenters. The topological polar surface area (TPSA) is 63.0 Å². The van der Waals surface area contributed by atoms with Crippen molar-refractivity contribution in [1.29, 1.82) is 0 Å². The molecule has 0 aromatic carbocycles. The van der Waals surface area contributed by atoms with Gasteiger partial charge in [-0.1, -0.05) is 24.6 Å². The molecule has 0 N–H and O–H groups in total. The van der Waals surface area contributed by atoms with Crippen LogP contribution < -0.4 is 0 Å². The summed E-state index contributed by atoms with van der Waals surface area (Å²) in [7, 11) is 3.99. The van der Waals surface area contributed by atoms with Gasteiger partial charge in [-0.3, -0.25) is 4.79 Å². The largest absolute Gasteiger partial charge is 0.492 e. The van der Waals surface area contributed by atoms with Crippen LogP contribution in [0.25, 0.3) is 5.65 Å². The van der Waals surface area contributed by atoms with E-state index in [2.05, 4.69) is 10.1 Å². The van der Waals surface area contributed by atoms with Crippen molar-refractivity contribution < 1.29 is 9.53 Å². The standard InChI is InChI=1S/C21H28ClN5O2/c1-6-8-19(29-10-9-25(4)5)15(7-2)21(28)26-12-16-18(13-26)24-27-14(3)17(22)11-23-20(16)27/h7-8,11H,6,9-10,12-13H2,1-5H3. The van der Waals surface area contributed by atoms with Gasteiger partial charge in [-0.25, -0.2) is 9.50 Å². The highest BCUT2D eigenvalue weighted by Crippen LogP contribution is 2.29. The Morgan fingerprint density at radius 3 is 2.79 bits per heavy atom. The number of hydrogen-bond donors (Lipinski definition) is 0. The Balaban J connectivity index is 1.79. The van der Waals surface area contributed by atoms with Crippen molar-refractivity contribution in [3.63, 3.8) is 0 Å². The molecule has 0 fully saturated rings. The second-order valence-electron chi connectivity index (χ2n) is 7.34. The number of carbonyl (C=O) groups excluding carboxylic acids is 1. The highest BCUT2D eigenvalue weighted by atomic mass is 35.5. The second kappa shape index (κ2) is 8.97. The number of hydrogen-bond acceptors (Lipinski definition) is 5. The van der Waals surface area contributed by atoms with Crippen LogP contribution in [0.5, 0.6) is 0 Å².